The molecule has 3 nitrogen and oxygen atoms in total. The molecule has 1 heterocycles. The predicted molar refractivity (Wildman–Crippen MR) is 83.8 cm³/mol. The zero-order chi connectivity index (χ0) is 15.0. The fraction of sp³-hybridized carbons (Fsp3) is 0.941. The number of hydrogen-bond donors (Lipinski definition) is 0. The van der Waals surface area contributed by atoms with E-state index in [-0.39, 0.29) is 11.5 Å². The molecule has 1 aliphatic heterocycles. The summed E-state index contributed by atoms with van der Waals surface area (Å²) >= 11 is 0. The number of unbranched alkanes of at least 4 members (excludes halogenated alkanes) is 2. The lowest BCUT2D eigenvalue weighted by molar-refractivity contribution is -0.137. The van der Waals surface area contributed by atoms with Crippen molar-refractivity contribution >= 4 is 5.91 Å². The van der Waals surface area contributed by atoms with Crippen molar-refractivity contribution in [1.82, 2.24) is 4.90 Å². The van der Waals surface area contributed by atoms with Gasteiger partial charge < -0.3 is 9.64 Å². The van der Waals surface area contributed by atoms with Gasteiger partial charge in [-0.1, -0.05) is 39.5 Å². The first-order valence-corrected chi connectivity index (χ1v) is 8.44. The van der Waals surface area contributed by atoms with Gasteiger partial charge in [0.1, 0.15) is 0 Å². The van der Waals surface area contributed by atoms with Crippen molar-refractivity contribution < 1.29 is 9.53 Å². The lowest BCUT2D eigenvalue weighted by Crippen LogP contribution is -2.43. The molecule has 0 saturated carbocycles. The standard InChI is InChI=1S/C17H33NO2/c1-5-7-8-12-17(4,11-6-2)20-16-9-13-18(14-10-16)15(3)19/h16H,5-14H2,1-4H3. The summed E-state index contributed by atoms with van der Waals surface area (Å²) in [5.41, 5.74) is 0.0347. The van der Waals surface area contributed by atoms with Crippen LogP contribution in [-0.4, -0.2) is 35.6 Å². The van der Waals surface area contributed by atoms with E-state index in [0.717, 1.165) is 32.4 Å². The fourth-order valence-corrected chi connectivity index (χ4v) is 3.21. The second-order valence-corrected chi connectivity index (χ2v) is 6.48. The molecule has 0 aromatic carbocycles. The van der Waals surface area contributed by atoms with Gasteiger partial charge in [-0.05, 0) is 32.6 Å². The van der Waals surface area contributed by atoms with Crippen LogP contribution in [0.2, 0.25) is 0 Å². The summed E-state index contributed by atoms with van der Waals surface area (Å²) in [5.74, 6) is 0.197. The minimum atomic E-state index is 0.0347. The third-order valence-electron chi connectivity index (χ3n) is 4.43. The molecule has 0 aromatic heterocycles. The molecule has 1 atom stereocenters. The second-order valence-electron chi connectivity index (χ2n) is 6.48. The van der Waals surface area contributed by atoms with Crippen LogP contribution in [-0.2, 0) is 9.53 Å². The average Bonchev–Trinajstić information content (AvgIpc) is 2.39. The van der Waals surface area contributed by atoms with Gasteiger partial charge >= 0.3 is 0 Å². The SMILES string of the molecule is CCCCCC(C)(CCC)OC1CCN(C(C)=O)CC1. The minimum Gasteiger partial charge on any atom is -0.372 e. The van der Waals surface area contributed by atoms with Crippen LogP contribution in [0.1, 0.15) is 79.1 Å². The van der Waals surface area contributed by atoms with E-state index in [1.807, 2.05) is 4.90 Å². The van der Waals surface area contributed by atoms with E-state index in [1.54, 1.807) is 6.92 Å². The monoisotopic (exact) mass is 283 g/mol. The van der Waals surface area contributed by atoms with Crippen molar-refractivity contribution in [3.63, 3.8) is 0 Å². The highest BCUT2D eigenvalue weighted by Gasteiger charge is 2.30. The van der Waals surface area contributed by atoms with Gasteiger partial charge in [0.25, 0.3) is 0 Å². The highest BCUT2D eigenvalue weighted by molar-refractivity contribution is 5.73. The third-order valence-corrected chi connectivity index (χ3v) is 4.43. The molecule has 0 radical (unpaired) electrons. The molecule has 3 heteroatoms. The summed E-state index contributed by atoms with van der Waals surface area (Å²) in [5, 5.41) is 0. The van der Waals surface area contributed by atoms with Gasteiger partial charge in [0, 0.05) is 20.0 Å². The Labute approximate surface area is 125 Å². The Kier molecular flexibility index (Phi) is 7.57. The second kappa shape index (κ2) is 8.66. The molecule has 0 bridgehead atoms. The van der Waals surface area contributed by atoms with E-state index in [1.165, 1.54) is 32.1 Å². The van der Waals surface area contributed by atoms with Gasteiger partial charge in [0.15, 0.2) is 0 Å². The van der Waals surface area contributed by atoms with Gasteiger partial charge in [-0.3, -0.25) is 4.79 Å². The number of carbonyl (C=O) groups excluding carboxylic acids is 1. The number of nitrogens with zero attached hydrogens (tertiary/aromatic N) is 1. The largest absolute Gasteiger partial charge is 0.372 e. The first-order chi connectivity index (χ1) is 9.50. The first kappa shape index (κ1) is 17.5. The number of likely N-dealkylation sites (tertiary alicyclic amines) is 1. The minimum absolute atomic E-state index is 0.0347. The van der Waals surface area contributed by atoms with Crippen LogP contribution >= 0.6 is 0 Å². The van der Waals surface area contributed by atoms with Crippen LogP contribution in [0.4, 0.5) is 0 Å². The van der Waals surface area contributed by atoms with Gasteiger partial charge in [0.2, 0.25) is 5.91 Å². The van der Waals surface area contributed by atoms with Crippen molar-refractivity contribution in [1.29, 1.82) is 0 Å². The van der Waals surface area contributed by atoms with E-state index in [9.17, 15) is 4.79 Å². The molecule has 1 aliphatic rings. The van der Waals surface area contributed by atoms with Crippen LogP contribution in [0.15, 0.2) is 0 Å². The van der Waals surface area contributed by atoms with Gasteiger partial charge in [-0.2, -0.15) is 0 Å². The Bertz CT molecular complexity index is 285. The fourth-order valence-electron chi connectivity index (χ4n) is 3.21. The molecule has 0 aliphatic carbocycles. The zero-order valence-electron chi connectivity index (χ0n) is 13.9. The molecule has 0 spiro atoms. The summed E-state index contributed by atoms with van der Waals surface area (Å²) in [4.78, 5) is 13.3. The van der Waals surface area contributed by atoms with Gasteiger partial charge in [-0.25, -0.2) is 0 Å². The first-order valence-electron chi connectivity index (χ1n) is 8.44. The summed E-state index contributed by atoms with van der Waals surface area (Å²) in [6.45, 7) is 10.1. The Morgan fingerprint density at radius 3 is 2.30 bits per heavy atom. The highest BCUT2D eigenvalue weighted by Crippen LogP contribution is 2.29. The smallest absolute Gasteiger partial charge is 0.219 e. The Hall–Kier alpha value is -0.570. The van der Waals surface area contributed by atoms with Crippen molar-refractivity contribution in [2.24, 2.45) is 0 Å². The molecule has 0 aromatic rings. The number of rotatable bonds is 8. The van der Waals surface area contributed by atoms with E-state index in [4.69, 9.17) is 4.74 Å². The molecular weight excluding hydrogens is 250 g/mol. The number of carbonyl (C=O) groups is 1. The molecular formula is C17H33NO2. The predicted octanol–water partition coefficient (Wildman–Crippen LogP) is 4.15. The topological polar surface area (TPSA) is 29.5 Å². The number of piperidine rings is 1. The highest BCUT2D eigenvalue weighted by atomic mass is 16.5. The van der Waals surface area contributed by atoms with Crippen LogP contribution in [0.3, 0.4) is 0 Å². The van der Waals surface area contributed by atoms with Gasteiger partial charge in [-0.15, -0.1) is 0 Å². The van der Waals surface area contributed by atoms with Crippen molar-refractivity contribution in [2.45, 2.75) is 90.8 Å². The summed E-state index contributed by atoms with van der Waals surface area (Å²) in [6, 6.07) is 0. The molecule has 1 rings (SSSR count). The van der Waals surface area contributed by atoms with Crippen LogP contribution in [0, 0.1) is 0 Å². The van der Waals surface area contributed by atoms with Crippen molar-refractivity contribution in [3.8, 4) is 0 Å². The average molecular weight is 283 g/mol. The lowest BCUT2D eigenvalue weighted by atomic mass is 9.92. The summed E-state index contributed by atoms with van der Waals surface area (Å²) in [6.07, 6.45) is 9.63. The molecule has 20 heavy (non-hydrogen) atoms. The van der Waals surface area contributed by atoms with Crippen LogP contribution in [0.25, 0.3) is 0 Å². The number of ether oxygens (including phenoxy) is 1. The maximum absolute atomic E-state index is 11.4. The van der Waals surface area contributed by atoms with Crippen LogP contribution < -0.4 is 0 Å². The Morgan fingerprint density at radius 2 is 1.80 bits per heavy atom. The molecule has 1 saturated heterocycles. The lowest BCUT2D eigenvalue weighted by Gasteiger charge is -2.38. The number of amides is 1. The molecule has 118 valence electrons. The molecule has 1 fully saturated rings. The van der Waals surface area contributed by atoms with E-state index >= 15 is 0 Å². The maximum atomic E-state index is 11.4. The zero-order valence-corrected chi connectivity index (χ0v) is 13.9. The summed E-state index contributed by atoms with van der Waals surface area (Å²) < 4.78 is 6.46. The van der Waals surface area contributed by atoms with Crippen LogP contribution in [0.5, 0.6) is 0 Å². The number of hydrogen-bond acceptors (Lipinski definition) is 2. The van der Waals surface area contributed by atoms with Crippen molar-refractivity contribution in [2.75, 3.05) is 13.1 Å². The quantitative estimate of drug-likeness (QED) is 0.626. The summed E-state index contributed by atoms with van der Waals surface area (Å²) in [7, 11) is 0. The third kappa shape index (κ3) is 5.82. The van der Waals surface area contributed by atoms with E-state index in [2.05, 4.69) is 20.8 Å². The van der Waals surface area contributed by atoms with E-state index < -0.39 is 0 Å². The Balaban J connectivity index is 2.43. The van der Waals surface area contributed by atoms with Gasteiger partial charge in [0.05, 0.1) is 11.7 Å². The van der Waals surface area contributed by atoms with E-state index in [0.29, 0.717) is 6.10 Å². The molecule has 1 amide bonds. The molecule has 1 unspecified atom stereocenters. The Morgan fingerprint density at radius 1 is 1.15 bits per heavy atom. The molecule has 0 N–H and O–H groups in total. The van der Waals surface area contributed by atoms with Crippen molar-refractivity contribution in [3.05, 3.63) is 0 Å². The normalized spacial score (nSPS) is 19.9. The maximum Gasteiger partial charge on any atom is 0.219 e.